The summed E-state index contributed by atoms with van der Waals surface area (Å²) in [6.07, 6.45) is 3.40. The van der Waals surface area contributed by atoms with Crippen LogP contribution in [-0.2, 0) is 0 Å². The minimum atomic E-state index is -0.0590. The first kappa shape index (κ1) is 22.7. The zero-order valence-corrected chi connectivity index (χ0v) is 18.4. The van der Waals surface area contributed by atoms with Gasteiger partial charge in [-0.1, -0.05) is 72.8 Å². The number of hydrogen-bond acceptors (Lipinski definition) is 5. The minimum Gasteiger partial charge on any atom is -0.508 e. The highest BCUT2D eigenvalue weighted by atomic mass is 16.5. The number of hydrogen-bond donors (Lipinski definition) is 2. The van der Waals surface area contributed by atoms with Crippen molar-refractivity contribution in [3.63, 3.8) is 0 Å². The molecule has 0 aliphatic carbocycles. The molecular weight excluding hydrogens is 428 g/mol. The van der Waals surface area contributed by atoms with Crippen LogP contribution in [0, 0.1) is 0 Å². The van der Waals surface area contributed by atoms with E-state index >= 15 is 0 Å². The van der Waals surface area contributed by atoms with Gasteiger partial charge in [-0.2, -0.15) is 0 Å². The Morgan fingerprint density at radius 2 is 1.24 bits per heavy atom. The van der Waals surface area contributed by atoms with Crippen molar-refractivity contribution in [2.45, 2.75) is 0 Å². The number of allylic oxidation sites excluding steroid dienone is 1. The van der Waals surface area contributed by atoms with E-state index in [9.17, 15) is 15.0 Å². The molecule has 0 aromatic heterocycles. The van der Waals surface area contributed by atoms with Crippen molar-refractivity contribution in [1.82, 2.24) is 0 Å². The molecule has 34 heavy (non-hydrogen) atoms. The first-order valence-electron chi connectivity index (χ1n) is 10.8. The summed E-state index contributed by atoms with van der Waals surface area (Å²) in [5.41, 5.74) is 3.73. The SMILES string of the molecule is O=C(C=Cc1ccc(-c2ccc(OCCOc3cc(O)cc(O)c3)cc2)cc1)c1ccccc1. The molecule has 0 saturated heterocycles. The highest BCUT2D eigenvalue weighted by molar-refractivity contribution is 6.06. The number of rotatable bonds is 9. The summed E-state index contributed by atoms with van der Waals surface area (Å²) in [4.78, 5) is 12.2. The largest absolute Gasteiger partial charge is 0.508 e. The highest BCUT2D eigenvalue weighted by Crippen LogP contribution is 2.26. The molecule has 0 radical (unpaired) electrons. The number of carbonyl (C=O) groups is 1. The summed E-state index contributed by atoms with van der Waals surface area (Å²) in [6, 6.07) is 29.0. The van der Waals surface area contributed by atoms with Crippen LogP contribution in [0.4, 0.5) is 0 Å². The highest BCUT2D eigenvalue weighted by Gasteiger charge is 2.03. The van der Waals surface area contributed by atoms with E-state index in [2.05, 4.69) is 0 Å². The molecule has 0 unspecified atom stereocenters. The maximum atomic E-state index is 12.2. The molecule has 0 aliphatic rings. The van der Waals surface area contributed by atoms with Crippen LogP contribution < -0.4 is 9.47 Å². The van der Waals surface area contributed by atoms with E-state index in [1.165, 1.54) is 18.2 Å². The van der Waals surface area contributed by atoms with Crippen molar-refractivity contribution >= 4 is 11.9 Å². The number of ketones is 1. The van der Waals surface area contributed by atoms with Gasteiger partial charge in [0.1, 0.15) is 36.2 Å². The smallest absolute Gasteiger partial charge is 0.185 e. The molecule has 0 saturated carbocycles. The fourth-order valence-electron chi connectivity index (χ4n) is 3.37. The maximum absolute atomic E-state index is 12.2. The lowest BCUT2D eigenvalue weighted by atomic mass is 10.0. The fourth-order valence-corrected chi connectivity index (χ4v) is 3.37. The van der Waals surface area contributed by atoms with Crippen molar-refractivity contribution in [3.05, 3.63) is 114 Å². The molecule has 0 atom stereocenters. The average molecular weight is 453 g/mol. The van der Waals surface area contributed by atoms with E-state index in [1.54, 1.807) is 18.2 Å². The number of phenolic OH excluding ortho intramolecular Hbond substituents is 2. The Hall–Kier alpha value is -4.51. The van der Waals surface area contributed by atoms with Gasteiger partial charge in [0.2, 0.25) is 0 Å². The van der Waals surface area contributed by atoms with Crippen LogP contribution in [-0.4, -0.2) is 29.2 Å². The van der Waals surface area contributed by atoms with Crippen LogP contribution in [0.15, 0.2) is 103 Å². The third kappa shape index (κ3) is 6.26. The van der Waals surface area contributed by atoms with Gasteiger partial charge in [0.25, 0.3) is 0 Å². The van der Waals surface area contributed by atoms with Crippen molar-refractivity contribution in [2.24, 2.45) is 0 Å². The molecule has 0 fully saturated rings. The molecule has 4 rings (SSSR count). The van der Waals surface area contributed by atoms with E-state index in [4.69, 9.17) is 9.47 Å². The molecule has 0 heterocycles. The van der Waals surface area contributed by atoms with Gasteiger partial charge in [0, 0.05) is 23.8 Å². The van der Waals surface area contributed by atoms with Gasteiger partial charge in [-0.15, -0.1) is 0 Å². The number of ether oxygens (including phenoxy) is 2. The van der Waals surface area contributed by atoms with Crippen LogP contribution in [0.3, 0.4) is 0 Å². The third-order valence-electron chi connectivity index (χ3n) is 5.08. The van der Waals surface area contributed by atoms with Gasteiger partial charge >= 0.3 is 0 Å². The van der Waals surface area contributed by atoms with Gasteiger partial charge in [-0.05, 0) is 34.9 Å². The molecule has 5 heteroatoms. The van der Waals surface area contributed by atoms with E-state index in [1.807, 2.05) is 72.8 Å². The Morgan fingerprint density at radius 1 is 0.676 bits per heavy atom. The second-order valence-electron chi connectivity index (χ2n) is 7.59. The van der Waals surface area contributed by atoms with Crippen LogP contribution in [0.2, 0.25) is 0 Å². The van der Waals surface area contributed by atoms with Gasteiger partial charge in [-0.25, -0.2) is 0 Å². The van der Waals surface area contributed by atoms with E-state index in [0.717, 1.165) is 16.7 Å². The molecule has 170 valence electrons. The maximum Gasteiger partial charge on any atom is 0.185 e. The molecule has 0 amide bonds. The Morgan fingerprint density at radius 3 is 1.85 bits per heavy atom. The van der Waals surface area contributed by atoms with Gasteiger partial charge in [0.05, 0.1) is 0 Å². The molecule has 4 aromatic rings. The van der Waals surface area contributed by atoms with E-state index in [0.29, 0.717) is 23.7 Å². The quantitative estimate of drug-likeness (QED) is 0.182. The van der Waals surface area contributed by atoms with Crippen molar-refractivity contribution in [1.29, 1.82) is 0 Å². The van der Waals surface area contributed by atoms with Crippen LogP contribution in [0.5, 0.6) is 23.0 Å². The zero-order chi connectivity index (χ0) is 23.8. The normalized spacial score (nSPS) is 10.8. The topological polar surface area (TPSA) is 76.0 Å². The first-order chi connectivity index (χ1) is 16.6. The van der Waals surface area contributed by atoms with Gasteiger partial charge < -0.3 is 19.7 Å². The fraction of sp³-hybridized carbons (Fsp3) is 0.0690. The first-order valence-corrected chi connectivity index (χ1v) is 10.8. The summed E-state index contributed by atoms with van der Waals surface area (Å²) >= 11 is 0. The zero-order valence-electron chi connectivity index (χ0n) is 18.4. The Bertz CT molecular complexity index is 1240. The Labute approximate surface area is 198 Å². The number of benzene rings is 4. The lowest BCUT2D eigenvalue weighted by molar-refractivity contribution is 0.104. The van der Waals surface area contributed by atoms with E-state index < -0.39 is 0 Å². The molecule has 2 N–H and O–H groups in total. The molecule has 0 aliphatic heterocycles. The molecule has 5 nitrogen and oxygen atoms in total. The second-order valence-corrected chi connectivity index (χ2v) is 7.59. The molecular formula is C29H24O5. The minimum absolute atomic E-state index is 0.0225. The second kappa shape index (κ2) is 10.9. The lowest BCUT2D eigenvalue weighted by Crippen LogP contribution is -2.08. The number of aromatic hydroxyl groups is 2. The Balaban J connectivity index is 1.28. The summed E-state index contributed by atoms with van der Waals surface area (Å²) in [7, 11) is 0. The van der Waals surface area contributed by atoms with Crippen LogP contribution >= 0.6 is 0 Å². The molecule has 0 bridgehead atoms. The summed E-state index contributed by atoms with van der Waals surface area (Å²) in [6.45, 7) is 0.588. The monoisotopic (exact) mass is 452 g/mol. The van der Waals surface area contributed by atoms with Crippen LogP contribution in [0.25, 0.3) is 17.2 Å². The average Bonchev–Trinajstić information content (AvgIpc) is 2.86. The summed E-state index contributed by atoms with van der Waals surface area (Å²) in [5, 5.41) is 18.9. The molecule has 0 spiro atoms. The number of phenols is 2. The van der Waals surface area contributed by atoms with Gasteiger partial charge in [-0.3, -0.25) is 4.79 Å². The summed E-state index contributed by atoms with van der Waals surface area (Å²) < 4.78 is 11.2. The standard InChI is InChI=1S/C29H24O5/c30-25-18-26(31)20-28(19-25)34-17-16-33-27-13-11-23(12-14-27)22-9-6-21(7-10-22)8-15-29(32)24-4-2-1-3-5-24/h1-15,18-20,30-31H,16-17H2. The summed E-state index contributed by atoms with van der Waals surface area (Å²) in [5.74, 6) is 0.947. The van der Waals surface area contributed by atoms with Crippen LogP contribution in [0.1, 0.15) is 15.9 Å². The van der Waals surface area contributed by atoms with Crippen molar-refractivity contribution < 1.29 is 24.5 Å². The number of carbonyl (C=O) groups excluding carboxylic acids is 1. The predicted octanol–water partition coefficient (Wildman–Crippen LogP) is 6.12. The third-order valence-corrected chi connectivity index (χ3v) is 5.08. The van der Waals surface area contributed by atoms with E-state index in [-0.39, 0.29) is 23.9 Å². The Kier molecular flexibility index (Phi) is 7.25. The predicted molar refractivity (Wildman–Crippen MR) is 132 cm³/mol. The van der Waals surface area contributed by atoms with Gasteiger partial charge in [0.15, 0.2) is 5.78 Å². The van der Waals surface area contributed by atoms with Crippen molar-refractivity contribution in [2.75, 3.05) is 13.2 Å². The van der Waals surface area contributed by atoms with Crippen molar-refractivity contribution in [3.8, 4) is 34.1 Å². The lowest BCUT2D eigenvalue weighted by Gasteiger charge is -2.10. The molecule has 4 aromatic carbocycles.